The lowest BCUT2D eigenvalue weighted by Crippen LogP contribution is -1.96. The van der Waals surface area contributed by atoms with Crippen molar-refractivity contribution < 1.29 is 14.4 Å². The highest BCUT2D eigenvalue weighted by Gasteiger charge is 2.22. The quantitative estimate of drug-likeness (QED) is 0.499. The normalized spacial score (nSPS) is 14.6. The fourth-order valence-corrected chi connectivity index (χ4v) is 5.31. The Morgan fingerprint density at radius 3 is 2.50 bits per heavy atom. The van der Waals surface area contributed by atoms with Crippen molar-refractivity contribution in [3.05, 3.63) is 57.1 Å². The molecule has 8 heteroatoms. The minimum atomic E-state index is -0.520. The van der Waals surface area contributed by atoms with Gasteiger partial charge in [0.1, 0.15) is 0 Å². The van der Waals surface area contributed by atoms with E-state index in [1.807, 2.05) is 35.7 Å². The van der Waals surface area contributed by atoms with Crippen LogP contribution in [0.5, 0.6) is 17.2 Å². The van der Waals surface area contributed by atoms with Gasteiger partial charge in [0.05, 0.1) is 16.6 Å². The predicted octanol–water partition coefficient (Wildman–Crippen LogP) is 5.53. The molecular formula is C16H14ClNO4S2. The van der Waals surface area contributed by atoms with Gasteiger partial charge >= 0.3 is 5.69 Å². The van der Waals surface area contributed by atoms with Gasteiger partial charge in [0, 0.05) is 22.6 Å². The van der Waals surface area contributed by atoms with Crippen LogP contribution in [0.1, 0.15) is 10.1 Å². The maximum Gasteiger partial charge on any atom is 0.313 e. The van der Waals surface area contributed by atoms with Crippen LogP contribution in [0.15, 0.2) is 36.4 Å². The van der Waals surface area contributed by atoms with E-state index in [1.54, 1.807) is 19.2 Å². The van der Waals surface area contributed by atoms with E-state index in [9.17, 15) is 10.1 Å². The van der Waals surface area contributed by atoms with Gasteiger partial charge < -0.3 is 9.47 Å². The van der Waals surface area contributed by atoms with Crippen molar-refractivity contribution in [2.45, 2.75) is 4.58 Å². The van der Waals surface area contributed by atoms with Crippen molar-refractivity contribution in [2.75, 3.05) is 18.6 Å². The number of hydrogen-bond acceptors (Lipinski definition) is 6. The maximum absolute atomic E-state index is 11.2. The van der Waals surface area contributed by atoms with Crippen molar-refractivity contribution in [3.63, 3.8) is 0 Å². The largest absolute Gasteiger partial charge is 0.493 e. The molecule has 0 aliphatic carbocycles. The summed E-state index contributed by atoms with van der Waals surface area (Å²) in [7, 11) is 1.55. The molecule has 126 valence electrons. The molecule has 0 spiro atoms. The van der Waals surface area contributed by atoms with E-state index in [4.69, 9.17) is 21.1 Å². The molecule has 1 fully saturated rings. The van der Waals surface area contributed by atoms with E-state index in [0.29, 0.717) is 16.1 Å². The number of rotatable bonds is 5. The second-order valence-corrected chi connectivity index (χ2v) is 8.12. The van der Waals surface area contributed by atoms with Crippen LogP contribution in [0.4, 0.5) is 5.69 Å². The zero-order valence-corrected chi connectivity index (χ0v) is 15.1. The Hall–Kier alpha value is -1.57. The third-order valence-electron chi connectivity index (χ3n) is 3.42. The van der Waals surface area contributed by atoms with Gasteiger partial charge in [0.25, 0.3) is 0 Å². The Morgan fingerprint density at radius 2 is 1.83 bits per heavy atom. The summed E-state index contributed by atoms with van der Waals surface area (Å²) < 4.78 is 11.5. The van der Waals surface area contributed by atoms with Crippen LogP contribution in [-0.2, 0) is 0 Å². The molecule has 1 aliphatic heterocycles. The highest BCUT2D eigenvalue weighted by molar-refractivity contribution is 8.19. The van der Waals surface area contributed by atoms with E-state index in [-0.39, 0.29) is 16.5 Å². The molecule has 0 bridgehead atoms. The molecule has 1 aliphatic rings. The molecule has 0 radical (unpaired) electrons. The Morgan fingerprint density at radius 1 is 1.12 bits per heavy atom. The lowest BCUT2D eigenvalue weighted by atomic mass is 10.2. The first-order valence-electron chi connectivity index (χ1n) is 7.11. The summed E-state index contributed by atoms with van der Waals surface area (Å²) in [4.78, 5) is 10.7. The monoisotopic (exact) mass is 383 g/mol. The second kappa shape index (κ2) is 7.55. The molecule has 24 heavy (non-hydrogen) atoms. The number of methoxy groups -OCH3 is 1. The highest BCUT2D eigenvalue weighted by Crippen LogP contribution is 2.47. The van der Waals surface area contributed by atoms with Crippen LogP contribution in [-0.4, -0.2) is 23.5 Å². The zero-order valence-electron chi connectivity index (χ0n) is 12.7. The second-order valence-electron chi connectivity index (χ2n) is 4.96. The molecule has 0 unspecified atom stereocenters. The van der Waals surface area contributed by atoms with E-state index in [2.05, 4.69) is 0 Å². The molecule has 0 atom stereocenters. The first-order chi connectivity index (χ1) is 11.6. The molecule has 2 aromatic carbocycles. The molecule has 0 N–H and O–H groups in total. The molecule has 0 aromatic heterocycles. The number of nitrogens with zero attached hydrogens (tertiary/aromatic N) is 1. The van der Waals surface area contributed by atoms with Crippen LogP contribution < -0.4 is 9.47 Å². The number of nitro benzene ring substituents is 1. The fraction of sp³-hybridized carbons (Fsp3) is 0.250. The standard InChI is InChI=1S/C16H14ClNO4S2/c1-21-15-8-10(16-23-6-7-24-16)2-4-14(15)22-13-5-3-11(17)9-12(13)18(19)20/h2-5,8-9,16H,6-7H2,1H3. The first-order valence-corrected chi connectivity index (χ1v) is 9.59. The SMILES string of the molecule is COc1cc(C2SCCS2)ccc1Oc1ccc(Cl)cc1[N+](=O)[O-]. The van der Waals surface area contributed by atoms with Crippen LogP contribution in [0.3, 0.4) is 0 Å². The van der Waals surface area contributed by atoms with Gasteiger partial charge in [-0.05, 0) is 29.8 Å². The third-order valence-corrected chi connectivity index (χ3v) is 6.76. The minimum absolute atomic E-state index is 0.125. The summed E-state index contributed by atoms with van der Waals surface area (Å²) >= 11 is 9.62. The smallest absolute Gasteiger partial charge is 0.313 e. The summed E-state index contributed by atoms with van der Waals surface area (Å²) in [6.45, 7) is 0. The van der Waals surface area contributed by atoms with Crippen molar-refractivity contribution in [3.8, 4) is 17.2 Å². The van der Waals surface area contributed by atoms with Gasteiger partial charge in [-0.3, -0.25) is 10.1 Å². The third kappa shape index (κ3) is 3.74. The lowest BCUT2D eigenvalue weighted by Gasteiger charge is -2.14. The average molecular weight is 384 g/mol. The number of ether oxygens (including phenoxy) is 2. The molecule has 2 aromatic rings. The first kappa shape index (κ1) is 17.3. The Balaban J connectivity index is 1.91. The van der Waals surface area contributed by atoms with Crippen molar-refractivity contribution >= 4 is 40.8 Å². The molecule has 0 amide bonds. The number of halogens is 1. The summed E-state index contributed by atoms with van der Waals surface area (Å²) in [5.74, 6) is 3.37. The molecule has 5 nitrogen and oxygen atoms in total. The van der Waals surface area contributed by atoms with E-state index in [0.717, 1.165) is 17.1 Å². The molecule has 1 saturated heterocycles. The number of benzene rings is 2. The number of nitro groups is 1. The van der Waals surface area contributed by atoms with E-state index >= 15 is 0 Å². The topological polar surface area (TPSA) is 61.6 Å². The van der Waals surface area contributed by atoms with Crippen LogP contribution in [0.25, 0.3) is 0 Å². The van der Waals surface area contributed by atoms with Gasteiger partial charge in [-0.1, -0.05) is 17.7 Å². The Labute approximate surface area is 152 Å². The van der Waals surface area contributed by atoms with Crippen molar-refractivity contribution in [2.24, 2.45) is 0 Å². The lowest BCUT2D eigenvalue weighted by molar-refractivity contribution is -0.385. The minimum Gasteiger partial charge on any atom is -0.493 e. The van der Waals surface area contributed by atoms with Crippen LogP contribution >= 0.6 is 35.1 Å². The van der Waals surface area contributed by atoms with E-state index < -0.39 is 4.92 Å². The molecule has 0 saturated carbocycles. The summed E-state index contributed by atoms with van der Waals surface area (Å²) in [6, 6.07) is 9.98. The van der Waals surface area contributed by atoms with Gasteiger partial charge in [0.15, 0.2) is 11.5 Å². The fourth-order valence-electron chi connectivity index (χ4n) is 2.30. The van der Waals surface area contributed by atoms with Gasteiger partial charge in [-0.15, -0.1) is 23.5 Å². The highest BCUT2D eigenvalue weighted by atomic mass is 35.5. The van der Waals surface area contributed by atoms with Gasteiger partial charge in [-0.2, -0.15) is 0 Å². The van der Waals surface area contributed by atoms with Crippen LogP contribution in [0.2, 0.25) is 5.02 Å². The molecule has 1 heterocycles. The van der Waals surface area contributed by atoms with Crippen molar-refractivity contribution in [1.29, 1.82) is 0 Å². The zero-order chi connectivity index (χ0) is 17.1. The van der Waals surface area contributed by atoms with Gasteiger partial charge in [0.2, 0.25) is 5.75 Å². The molecular weight excluding hydrogens is 370 g/mol. The van der Waals surface area contributed by atoms with Crippen molar-refractivity contribution in [1.82, 2.24) is 0 Å². The molecule has 3 rings (SSSR count). The van der Waals surface area contributed by atoms with Crippen LogP contribution in [0, 0.1) is 10.1 Å². The summed E-state index contributed by atoms with van der Waals surface area (Å²) in [5, 5.41) is 11.5. The number of hydrogen-bond donors (Lipinski definition) is 0. The maximum atomic E-state index is 11.2. The van der Waals surface area contributed by atoms with Gasteiger partial charge in [-0.25, -0.2) is 0 Å². The summed E-state index contributed by atoms with van der Waals surface area (Å²) in [5.41, 5.74) is 0.966. The number of thioether (sulfide) groups is 2. The van der Waals surface area contributed by atoms with E-state index in [1.165, 1.54) is 12.1 Å². The Kier molecular flexibility index (Phi) is 5.43. The predicted molar refractivity (Wildman–Crippen MR) is 98.8 cm³/mol. The Bertz CT molecular complexity index is 766. The summed E-state index contributed by atoms with van der Waals surface area (Å²) in [6.07, 6.45) is 0. The average Bonchev–Trinajstić information content (AvgIpc) is 3.11.